The van der Waals surface area contributed by atoms with E-state index in [9.17, 15) is 14.0 Å². The molecular formula is C20H20FNO3. The Balaban J connectivity index is 1.52. The zero-order valence-corrected chi connectivity index (χ0v) is 14.0. The Morgan fingerprint density at radius 3 is 2.36 bits per heavy atom. The van der Waals surface area contributed by atoms with Gasteiger partial charge in [-0.3, -0.25) is 9.59 Å². The first kappa shape index (κ1) is 17.1. The average Bonchev–Trinajstić information content (AvgIpc) is 3.43. The minimum absolute atomic E-state index is 0.296. The number of benzene rings is 2. The Labute approximate surface area is 146 Å². The molecule has 0 radical (unpaired) electrons. The Morgan fingerprint density at radius 2 is 1.76 bits per heavy atom. The summed E-state index contributed by atoms with van der Waals surface area (Å²) < 4.78 is 18.2. The molecule has 1 aliphatic rings. The molecule has 5 heteroatoms. The third-order valence-corrected chi connectivity index (χ3v) is 4.55. The number of halogens is 1. The van der Waals surface area contributed by atoms with Crippen molar-refractivity contribution in [2.75, 3.05) is 6.61 Å². The number of carbonyl (C=O) groups is 2. The molecule has 1 amide bonds. The van der Waals surface area contributed by atoms with Crippen LogP contribution in [-0.2, 0) is 19.7 Å². The molecule has 1 unspecified atom stereocenters. The maximum atomic E-state index is 12.9. The molecule has 1 fully saturated rings. The predicted octanol–water partition coefficient (Wildman–Crippen LogP) is 3.28. The number of ether oxygens (including phenoxy) is 1. The molecule has 2 aromatic rings. The van der Waals surface area contributed by atoms with Crippen molar-refractivity contribution in [1.82, 2.24) is 5.32 Å². The van der Waals surface area contributed by atoms with E-state index in [1.807, 2.05) is 30.3 Å². The van der Waals surface area contributed by atoms with Crippen LogP contribution in [0.25, 0.3) is 0 Å². The van der Waals surface area contributed by atoms with E-state index in [1.165, 1.54) is 12.1 Å². The summed E-state index contributed by atoms with van der Waals surface area (Å²) in [5.74, 6) is -1.07. The number of nitrogens with one attached hydrogen (secondary N) is 1. The summed E-state index contributed by atoms with van der Waals surface area (Å²) in [7, 11) is 0. The van der Waals surface area contributed by atoms with Gasteiger partial charge in [0, 0.05) is 0 Å². The van der Waals surface area contributed by atoms with E-state index in [4.69, 9.17) is 4.74 Å². The van der Waals surface area contributed by atoms with Crippen LogP contribution < -0.4 is 5.32 Å². The topological polar surface area (TPSA) is 55.4 Å². The Morgan fingerprint density at radius 1 is 1.12 bits per heavy atom. The lowest BCUT2D eigenvalue weighted by Gasteiger charge is -2.17. The fourth-order valence-electron chi connectivity index (χ4n) is 2.88. The molecule has 1 saturated carbocycles. The Hall–Kier alpha value is -2.69. The van der Waals surface area contributed by atoms with Crippen molar-refractivity contribution in [2.24, 2.45) is 0 Å². The van der Waals surface area contributed by atoms with Gasteiger partial charge in [-0.1, -0.05) is 42.5 Å². The third kappa shape index (κ3) is 3.87. The van der Waals surface area contributed by atoms with Gasteiger partial charge in [-0.15, -0.1) is 0 Å². The van der Waals surface area contributed by atoms with E-state index in [0.717, 1.165) is 24.0 Å². The fraction of sp³-hybridized carbons (Fsp3) is 0.300. The molecule has 1 N–H and O–H groups in total. The molecule has 0 aromatic heterocycles. The normalized spacial score (nSPS) is 15.9. The van der Waals surface area contributed by atoms with Crippen LogP contribution in [-0.4, -0.2) is 18.5 Å². The van der Waals surface area contributed by atoms with Crippen molar-refractivity contribution in [3.63, 3.8) is 0 Å². The zero-order chi connectivity index (χ0) is 17.9. The summed E-state index contributed by atoms with van der Waals surface area (Å²) in [6, 6.07) is 15.1. The Kier molecular flexibility index (Phi) is 4.83. The highest BCUT2D eigenvalue weighted by Crippen LogP contribution is 2.49. The molecule has 1 aliphatic carbocycles. The molecule has 0 spiro atoms. The fourth-order valence-corrected chi connectivity index (χ4v) is 2.88. The van der Waals surface area contributed by atoms with E-state index in [2.05, 4.69) is 5.32 Å². The van der Waals surface area contributed by atoms with Gasteiger partial charge in [0.25, 0.3) is 5.91 Å². The van der Waals surface area contributed by atoms with Gasteiger partial charge in [0.05, 0.1) is 11.5 Å². The van der Waals surface area contributed by atoms with Gasteiger partial charge in [-0.05, 0) is 43.0 Å². The first-order chi connectivity index (χ1) is 12.0. The number of carbonyl (C=O) groups excluding carboxylic acids is 2. The van der Waals surface area contributed by atoms with Gasteiger partial charge < -0.3 is 10.1 Å². The summed E-state index contributed by atoms with van der Waals surface area (Å²) in [4.78, 5) is 24.4. The first-order valence-electron chi connectivity index (χ1n) is 8.29. The van der Waals surface area contributed by atoms with Crippen LogP contribution in [0.3, 0.4) is 0 Å². The van der Waals surface area contributed by atoms with Gasteiger partial charge >= 0.3 is 5.97 Å². The van der Waals surface area contributed by atoms with E-state index in [1.54, 1.807) is 19.1 Å². The minimum Gasteiger partial charge on any atom is -0.455 e. The average molecular weight is 341 g/mol. The highest BCUT2D eigenvalue weighted by atomic mass is 19.1. The van der Waals surface area contributed by atoms with E-state index in [0.29, 0.717) is 0 Å². The van der Waals surface area contributed by atoms with Gasteiger partial charge in [0.15, 0.2) is 6.61 Å². The summed E-state index contributed by atoms with van der Waals surface area (Å²) >= 11 is 0. The standard InChI is InChI=1S/C20H20FNO3/c1-14(15-7-9-17(21)10-8-15)22-18(23)13-25-19(24)20(11-12-20)16-5-3-2-4-6-16/h2-10,14H,11-13H2,1H3,(H,22,23). The van der Waals surface area contributed by atoms with Crippen molar-refractivity contribution in [3.05, 3.63) is 71.5 Å². The number of hydrogen-bond donors (Lipinski definition) is 1. The maximum Gasteiger partial charge on any atom is 0.317 e. The molecule has 2 aromatic carbocycles. The van der Waals surface area contributed by atoms with E-state index in [-0.39, 0.29) is 30.3 Å². The molecule has 1 atom stereocenters. The molecule has 25 heavy (non-hydrogen) atoms. The zero-order valence-electron chi connectivity index (χ0n) is 14.0. The highest BCUT2D eigenvalue weighted by Gasteiger charge is 2.52. The maximum absolute atomic E-state index is 12.9. The second kappa shape index (κ2) is 7.05. The molecule has 0 saturated heterocycles. The van der Waals surface area contributed by atoms with Crippen molar-refractivity contribution in [2.45, 2.75) is 31.2 Å². The van der Waals surface area contributed by atoms with Gasteiger partial charge in [0.2, 0.25) is 0 Å². The quantitative estimate of drug-likeness (QED) is 0.821. The number of esters is 1. The van der Waals surface area contributed by atoms with E-state index < -0.39 is 5.41 Å². The smallest absolute Gasteiger partial charge is 0.317 e. The number of rotatable bonds is 6. The summed E-state index contributed by atoms with van der Waals surface area (Å²) in [5, 5.41) is 2.74. The van der Waals surface area contributed by atoms with Gasteiger partial charge in [0.1, 0.15) is 5.82 Å². The van der Waals surface area contributed by atoms with Crippen LogP contribution >= 0.6 is 0 Å². The van der Waals surface area contributed by atoms with Crippen LogP contribution in [0.4, 0.5) is 4.39 Å². The minimum atomic E-state index is -0.593. The molecule has 0 aliphatic heterocycles. The lowest BCUT2D eigenvalue weighted by Crippen LogP contribution is -2.33. The molecule has 3 rings (SSSR count). The first-order valence-corrected chi connectivity index (χ1v) is 8.29. The summed E-state index contributed by atoms with van der Waals surface area (Å²) in [6.45, 7) is 1.47. The predicted molar refractivity (Wildman–Crippen MR) is 91.3 cm³/mol. The number of amides is 1. The lowest BCUT2D eigenvalue weighted by molar-refractivity contribution is -0.151. The second-order valence-corrected chi connectivity index (χ2v) is 6.37. The van der Waals surface area contributed by atoms with Crippen LogP contribution in [0.5, 0.6) is 0 Å². The Bertz CT molecular complexity index is 754. The largest absolute Gasteiger partial charge is 0.455 e. The summed E-state index contributed by atoms with van der Waals surface area (Å²) in [6.07, 6.45) is 1.48. The van der Waals surface area contributed by atoms with Gasteiger partial charge in [-0.25, -0.2) is 4.39 Å². The summed E-state index contributed by atoms with van der Waals surface area (Å²) in [5.41, 5.74) is 1.12. The van der Waals surface area contributed by atoms with Crippen LogP contribution in [0, 0.1) is 5.82 Å². The number of hydrogen-bond acceptors (Lipinski definition) is 3. The van der Waals surface area contributed by atoms with E-state index >= 15 is 0 Å². The molecule has 130 valence electrons. The van der Waals surface area contributed by atoms with Crippen molar-refractivity contribution < 1.29 is 18.7 Å². The van der Waals surface area contributed by atoms with Crippen molar-refractivity contribution >= 4 is 11.9 Å². The monoisotopic (exact) mass is 341 g/mol. The van der Waals surface area contributed by atoms with Crippen LogP contribution in [0.2, 0.25) is 0 Å². The highest BCUT2D eigenvalue weighted by molar-refractivity contribution is 5.89. The van der Waals surface area contributed by atoms with Gasteiger partial charge in [-0.2, -0.15) is 0 Å². The molecule has 4 nitrogen and oxygen atoms in total. The van der Waals surface area contributed by atoms with Crippen molar-refractivity contribution in [3.8, 4) is 0 Å². The lowest BCUT2D eigenvalue weighted by atomic mass is 9.96. The molecular weight excluding hydrogens is 321 g/mol. The molecule has 0 heterocycles. The third-order valence-electron chi connectivity index (χ3n) is 4.55. The SMILES string of the molecule is CC(NC(=O)COC(=O)C1(c2ccccc2)CC1)c1ccc(F)cc1. The van der Waals surface area contributed by atoms with Crippen molar-refractivity contribution in [1.29, 1.82) is 0 Å². The van der Waals surface area contributed by atoms with Crippen LogP contribution in [0.15, 0.2) is 54.6 Å². The molecule has 0 bridgehead atoms. The second-order valence-electron chi connectivity index (χ2n) is 6.37. The van der Waals surface area contributed by atoms with Crippen LogP contribution in [0.1, 0.15) is 36.9 Å².